The molecule has 50 heavy (non-hydrogen) atoms. The fourth-order valence-corrected chi connectivity index (χ4v) is 7.13. The van der Waals surface area contributed by atoms with Crippen molar-refractivity contribution in [3.63, 3.8) is 0 Å². The van der Waals surface area contributed by atoms with E-state index in [1.54, 1.807) is 0 Å². The number of aromatic nitrogens is 3. The van der Waals surface area contributed by atoms with E-state index in [2.05, 4.69) is 115 Å². The molecule has 0 unspecified atom stereocenters. The molecule has 0 N–H and O–H groups in total. The van der Waals surface area contributed by atoms with Crippen molar-refractivity contribution in [2.45, 2.75) is 7.43 Å². The molecule has 4 heteroatoms. The Bertz CT molecular complexity index is 2880. The van der Waals surface area contributed by atoms with Crippen LogP contribution in [0.5, 0.6) is 0 Å². The molecule has 0 aliphatic carbocycles. The molecular formula is C46H31N3O. The van der Waals surface area contributed by atoms with Crippen molar-refractivity contribution in [3.05, 3.63) is 164 Å². The second-order valence-electron chi connectivity index (χ2n) is 12.4. The van der Waals surface area contributed by atoms with Crippen molar-refractivity contribution in [1.29, 1.82) is 0 Å². The van der Waals surface area contributed by atoms with Gasteiger partial charge in [0.15, 0.2) is 17.5 Å². The van der Waals surface area contributed by atoms with Gasteiger partial charge in [0, 0.05) is 27.5 Å². The fourth-order valence-electron chi connectivity index (χ4n) is 7.13. The van der Waals surface area contributed by atoms with Crippen LogP contribution in [-0.4, -0.2) is 15.0 Å². The SMILES string of the molecule is C.c1ccc(-c2cccc(-c3nc(-c4ccccc4)nc(-c4ccc5c(c4)c4ccccc4c4cc6c(cc54)oc4ccccc46)n3)c2)cc1. The Morgan fingerprint density at radius 2 is 0.780 bits per heavy atom. The van der Waals surface area contributed by atoms with Gasteiger partial charge in [0.2, 0.25) is 0 Å². The number of hydrogen-bond donors (Lipinski definition) is 0. The van der Waals surface area contributed by atoms with E-state index in [-0.39, 0.29) is 7.43 Å². The van der Waals surface area contributed by atoms with E-state index in [1.807, 2.05) is 48.5 Å². The van der Waals surface area contributed by atoms with Gasteiger partial charge in [-0.3, -0.25) is 0 Å². The molecule has 0 radical (unpaired) electrons. The van der Waals surface area contributed by atoms with Crippen molar-refractivity contribution in [1.82, 2.24) is 15.0 Å². The molecule has 0 saturated heterocycles. The van der Waals surface area contributed by atoms with E-state index in [0.717, 1.165) is 65.9 Å². The molecule has 0 fully saturated rings. The first kappa shape index (κ1) is 29.5. The molecule has 0 spiro atoms. The third kappa shape index (κ3) is 4.81. The Morgan fingerprint density at radius 3 is 1.50 bits per heavy atom. The summed E-state index contributed by atoms with van der Waals surface area (Å²) in [7, 11) is 0. The van der Waals surface area contributed by atoms with Gasteiger partial charge in [0.1, 0.15) is 11.2 Å². The molecule has 0 amide bonds. The van der Waals surface area contributed by atoms with E-state index >= 15 is 0 Å². The van der Waals surface area contributed by atoms with Crippen molar-refractivity contribution in [2.75, 3.05) is 0 Å². The second-order valence-corrected chi connectivity index (χ2v) is 12.4. The van der Waals surface area contributed by atoms with Crippen molar-refractivity contribution < 1.29 is 4.42 Å². The predicted molar refractivity (Wildman–Crippen MR) is 208 cm³/mol. The van der Waals surface area contributed by atoms with Crippen LogP contribution in [0.1, 0.15) is 7.43 Å². The van der Waals surface area contributed by atoms with Gasteiger partial charge in [-0.05, 0) is 73.8 Å². The Kier molecular flexibility index (Phi) is 6.96. The lowest BCUT2D eigenvalue weighted by molar-refractivity contribution is 0.669. The maximum absolute atomic E-state index is 6.33. The topological polar surface area (TPSA) is 51.8 Å². The highest BCUT2D eigenvalue weighted by Crippen LogP contribution is 2.41. The monoisotopic (exact) mass is 641 g/mol. The van der Waals surface area contributed by atoms with E-state index in [0.29, 0.717) is 17.5 Å². The number of benzene rings is 8. The lowest BCUT2D eigenvalue weighted by atomic mass is 9.92. The van der Waals surface area contributed by atoms with Crippen molar-refractivity contribution in [2.24, 2.45) is 0 Å². The van der Waals surface area contributed by atoms with Gasteiger partial charge in [0.25, 0.3) is 0 Å². The highest BCUT2D eigenvalue weighted by atomic mass is 16.3. The molecule has 2 aromatic heterocycles. The van der Waals surface area contributed by atoms with Crippen LogP contribution >= 0.6 is 0 Å². The molecule has 2 heterocycles. The first-order valence-electron chi connectivity index (χ1n) is 16.4. The van der Waals surface area contributed by atoms with Gasteiger partial charge in [-0.2, -0.15) is 0 Å². The molecular weight excluding hydrogens is 611 g/mol. The normalized spacial score (nSPS) is 11.4. The number of nitrogens with zero attached hydrogens (tertiary/aromatic N) is 3. The third-order valence-corrected chi connectivity index (χ3v) is 9.49. The van der Waals surface area contributed by atoms with Gasteiger partial charge in [-0.1, -0.05) is 141 Å². The lowest BCUT2D eigenvalue weighted by Crippen LogP contribution is -2.00. The van der Waals surface area contributed by atoms with Crippen molar-refractivity contribution in [3.8, 4) is 45.3 Å². The smallest absolute Gasteiger partial charge is 0.164 e. The molecule has 8 aromatic carbocycles. The zero-order chi connectivity index (χ0) is 32.3. The van der Waals surface area contributed by atoms with Gasteiger partial charge < -0.3 is 4.42 Å². The van der Waals surface area contributed by atoms with E-state index in [4.69, 9.17) is 19.4 Å². The van der Waals surface area contributed by atoms with Crippen LogP contribution in [0, 0.1) is 0 Å². The Morgan fingerprint density at radius 1 is 0.280 bits per heavy atom. The summed E-state index contributed by atoms with van der Waals surface area (Å²) in [6.45, 7) is 0. The predicted octanol–water partition coefficient (Wildman–Crippen LogP) is 12.5. The zero-order valence-corrected chi connectivity index (χ0v) is 26.3. The number of fused-ring (bicyclic) bond motifs is 9. The summed E-state index contributed by atoms with van der Waals surface area (Å²) in [5.41, 5.74) is 6.87. The molecule has 236 valence electrons. The van der Waals surface area contributed by atoms with E-state index in [9.17, 15) is 0 Å². The van der Waals surface area contributed by atoms with Crippen LogP contribution < -0.4 is 0 Å². The first-order valence-corrected chi connectivity index (χ1v) is 16.4. The summed E-state index contributed by atoms with van der Waals surface area (Å²) in [6, 6.07) is 56.9. The zero-order valence-electron chi connectivity index (χ0n) is 26.3. The van der Waals surface area contributed by atoms with Gasteiger partial charge in [-0.15, -0.1) is 0 Å². The minimum atomic E-state index is 0. The average Bonchev–Trinajstić information content (AvgIpc) is 3.55. The maximum Gasteiger partial charge on any atom is 0.164 e. The first-order chi connectivity index (χ1) is 24.3. The third-order valence-electron chi connectivity index (χ3n) is 9.49. The largest absolute Gasteiger partial charge is 0.456 e. The molecule has 0 atom stereocenters. The van der Waals surface area contributed by atoms with E-state index < -0.39 is 0 Å². The summed E-state index contributed by atoms with van der Waals surface area (Å²) < 4.78 is 6.33. The summed E-state index contributed by atoms with van der Waals surface area (Å²) in [5.74, 6) is 1.91. The molecule has 10 aromatic rings. The summed E-state index contributed by atoms with van der Waals surface area (Å²) in [5, 5.41) is 9.33. The number of furan rings is 1. The molecule has 10 rings (SSSR count). The average molecular weight is 642 g/mol. The summed E-state index contributed by atoms with van der Waals surface area (Å²) in [4.78, 5) is 15.2. The lowest BCUT2D eigenvalue weighted by Gasteiger charge is -2.13. The van der Waals surface area contributed by atoms with Crippen LogP contribution in [-0.2, 0) is 0 Å². The second kappa shape index (κ2) is 11.8. The summed E-state index contributed by atoms with van der Waals surface area (Å²) in [6.07, 6.45) is 0. The van der Waals surface area contributed by atoms with Crippen LogP contribution in [0.4, 0.5) is 0 Å². The number of para-hydroxylation sites is 1. The minimum absolute atomic E-state index is 0. The molecule has 0 saturated carbocycles. The Labute approximate surface area is 289 Å². The number of hydrogen-bond acceptors (Lipinski definition) is 4. The Balaban J connectivity index is 0.00000336. The molecule has 0 aliphatic heterocycles. The molecule has 0 aliphatic rings. The van der Waals surface area contributed by atoms with Gasteiger partial charge in [-0.25, -0.2) is 15.0 Å². The molecule has 4 nitrogen and oxygen atoms in total. The number of rotatable bonds is 4. The van der Waals surface area contributed by atoms with Crippen molar-refractivity contribution >= 4 is 54.3 Å². The minimum Gasteiger partial charge on any atom is -0.456 e. The fraction of sp³-hybridized carbons (Fsp3) is 0.0217. The summed E-state index contributed by atoms with van der Waals surface area (Å²) >= 11 is 0. The highest BCUT2D eigenvalue weighted by Gasteiger charge is 2.17. The molecule has 0 bridgehead atoms. The Hall–Kier alpha value is -6.65. The van der Waals surface area contributed by atoms with Crippen LogP contribution in [0.25, 0.3) is 99.5 Å². The van der Waals surface area contributed by atoms with Crippen LogP contribution in [0.3, 0.4) is 0 Å². The standard InChI is InChI=1S/C45H27N3O.CH4/c1-3-12-28(13-4-1)30-16-11-17-31(24-30)44-46-43(29-14-5-2-6-15-29)47-45(48-44)32-22-23-35-37(25-32)33-18-7-8-19-34(33)38-26-40-36-20-9-10-21-41(36)49-42(40)27-39(35)38;/h1-27H;1H4. The maximum atomic E-state index is 6.33. The quantitative estimate of drug-likeness (QED) is 0.179. The van der Waals surface area contributed by atoms with E-state index in [1.165, 1.54) is 16.2 Å². The van der Waals surface area contributed by atoms with Gasteiger partial charge in [0.05, 0.1) is 0 Å². The van der Waals surface area contributed by atoms with Crippen LogP contribution in [0.2, 0.25) is 0 Å². The highest BCUT2D eigenvalue weighted by molar-refractivity contribution is 6.28. The van der Waals surface area contributed by atoms with Gasteiger partial charge >= 0.3 is 0 Å². The van der Waals surface area contributed by atoms with Crippen LogP contribution in [0.15, 0.2) is 168 Å².